The van der Waals surface area contributed by atoms with E-state index in [1.807, 2.05) is 41.5 Å². The molecule has 0 spiro atoms. The average molecular weight is 191 g/mol. The summed E-state index contributed by atoms with van der Waals surface area (Å²) < 4.78 is 9.22. The Morgan fingerprint density at radius 2 is 2.36 bits per heavy atom. The monoisotopic (exact) mass is 190 g/mol. The van der Waals surface area contributed by atoms with E-state index in [0.29, 0.717) is 9.92 Å². The summed E-state index contributed by atoms with van der Waals surface area (Å²) >= 11 is 0. The third-order valence-electron chi connectivity index (χ3n) is 1.08. The standard InChI is InChI=1S/C6H11N2OSi.ClH/c1-3-9-10-8-5-4-7(2)6-8;/h4-6H,3H2,1-2H3;1H/q+1;/p-1. The van der Waals surface area contributed by atoms with Crippen LogP contribution in [0, 0.1) is 0 Å². The maximum absolute atomic E-state index is 5.21. The fourth-order valence-electron chi connectivity index (χ4n) is 0.643. The van der Waals surface area contributed by atoms with Gasteiger partial charge in [-0.3, -0.25) is 4.23 Å². The molecule has 11 heavy (non-hydrogen) atoms. The van der Waals surface area contributed by atoms with E-state index in [9.17, 15) is 0 Å². The van der Waals surface area contributed by atoms with E-state index >= 15 is 0 Å². The molecule has 0 aliphatic heterocycles. The van der Waals surface area contributed by atoms with Gasteiger partial charge in [0.05, 0.1) is 7.05 Å². The van der Waals surface area contributed by atoms with Gasteiger partial charge in [0.2, 0.25) is 6.33 Å². The van der Waals surface area contributed by atoms with Crippen LogP contribution >= 0.6 is 0 Å². The summed E-state index contributed by atoms with van der Waals surface area (Å²) in [4.78, 5) is 0. The van der Waals surface area contributed by atoms with Gasteiger partial charge in [0.25, 0.3) is 0 Å². The van der Waals surface area contributed by atoms with Gasteiger partial charge in [-0.05, 0) is 6.92 Å². The van der Waals surface area contributed by atoms with Gasteiger partial charge >= 0.3 is 9.92 Å². The van der Waals surface area contributed by atoms with Gasteiger partial charge < -0.3 is 16.8 Å². The Morgan fingerprint density at radius 3 is 2.82 bits per heavy atom. The molecule has 0 aliphatic carbocycles. The molecule has 1 heterocycles. The highest BCUT2D eigenvalue weighted by molar-refractivity contribution is 6.24. The minimum absolute atomic E-state index is 0. The normalized spacial score (nSPS) is 9.27. The fourth-order valence-corrected chi connectivity index (χ4v) is 1.28. The zero-order valence-electron chi connectivity index (χ0n) is 6.62. The molecule has 1 rings (SSSR count). The zero-order valence-corrected chi connectivity index (χ0v) is 8.38. The lowest BCUT2D eigenvalue weighted by Gasteiger charge is -1.89. The highest BCUT2D eigenvalue weighted by atomic mass is 35.5. The maximum atomic E-state index is 5.21. The van der Waals surface area contributed by atoms with Crippen LogP contribution in [0.15, 0.2) is 18.7 Å². The van der Waals surface area contributed by atoms with Crippen molar-refractivity contribution in [1.82, 2.24) is 4.23 Å². The Kier molecular flexibility index (Phi) is 5.19. The SMILES string of the molecule is CCO[Si]n1cc[n+](C)c1.[Cl-]. The van der Waals surface area contributed by atoms with Crippen LogP contribution in [0.2, 0.25) is 0 Å². The quantitative estimate of drug-likeness (QED) is 0.362. The summed E-state index contributed by atoms with van der Waals surface area (Å²) in [7, 11) is 2.41. The predicted octanol–water partition coefficient (Wildman–Crippen LogP) is -3.26. The third kappa shape index (κ3) is 3.55. The first-order chi connectivity index (χ1) is 4.83. The summed E-state index contributed by atoms with van der Waals surface area (Å²) in [5, 5.41) is 0. The maximum Gasteiger partial charge on any atom is 0.546 e. The molecule has 62 valence electrons. The number of nitrogens with zero attached hydrogens (tertiary/aromatic N) is 2. The largest absolute Gasteiger partial charge is 1.00 e. The minimum atomic E-state index is 0. The molecule has 3 nitrogen and oxygen atoms in total. The van der Waals surface area contributed by atoms with E-state index in [0.717, 1.165) is 6.61 Å². The molecule has 0 amide bonds. The summed E-state index contributed by atoms with van der Waals surface area (Å²) in [6, 6.07) is 0. The van der Waals surface area contributed by atoms with Crippen molar-refractivity contribution >= 4 is 9.92 Å². The first-order valence-electron chi connectivity index (χ1n) is 3.24. The molecule has 0 N–H and O–H groups in total. The van der Waals surface area contributed by atoms with Gasteiger partial charge in [-0.1, -0.05) is 0 Å². The van der Waals surface area contributed by atoms with Crippen molar-refractivity contribution in [1.29, 1.82) is 0 Å². The van der Waals surface area contributed by atoms with E-state index in [-0.39, 0.29) is 12.4 Å². The average Bonchev–Trinajstić information content (AvgIpc) is 2.31. The number of aryl methyl sites for hydroxylation is 1. The lowest BCUT2D eigenvalue weighted by molar-refractivity contribution is -0.670. The molecule has 0 atom stereocenters. The lowest BCUT2D eigenvalue weighted by Crippen LogP contribution is -3.00. The van der Waals surface area contributed by atoms with Gasteiger partial charge in [0, 0.05) is 6.61 Å². The van der Waals surface area contributed by atoms with Gasteiger partial charge in [-0.25, -0.2) is 4.57 Å². The number of hydrogen-bond acceptors (Lipinski definition) is 1. The number of halogens is 1. The predicted molar refractivity (Wildman–Crippen MR) is 38.4 cm³/mol. The number of imidazole rings is 1. The zero-order chi connectivity index (χ0) is 7.40. The molecule has 0 saturated heterocycles. The Hall–Kier alpha value is -0.323. The molecule has 0 aromatic carbocycles. The number of aromatic nitrogens is 2. The first-order valence-corrected chi connectivity index (χ1v) is 4.09. The van der Waals surface area contributed by atoms with Crippen LogP contribution in [0.25, 0.3) is 0 Å². The molecule has 1 aromatic heterocycles. The van der Waals surface area contributed by atoms with Gasteiger partial charge in [0.1, 0.15) is 12.4 Å². The highest BCUT2D eigenvalue weighted by Gasteiger charge is 2.02. The smallest absolute Gasteiger partial charge is 0.546 e. The summed E-state index contributed by atoms with van der Waals surface area (Å²) in [6.45, 7) is 2.77. The van der Waals surface area contributed by atoms with Crippen molar-refractivity contribution in [2.24, 2.45) is 7.05 Å². The lowest BCUT2D eigenvalue weighted by atomic mass is 10.9. The fraction of sp³-hybridized carbons (Fsp3) is 0.500. The van der Waals surface area contributed by atoms with Crippen LogP contribution in [0.3, 0.4) is 0 Å². The van der Waals surface area contributed by atoms with E-state index in [1.54, 1.807) is 0 Å². The molecule has 0 unspecified atom stereocenters. The van der Waals surface area contributed by atoms with Crippen LogP contribution < -0.4 is 17.0 Å². The minimum Gasteiger partial charge on any atom is -1.00 e. The molecule has 0 fully saturated rings. The molecule has 0 aliphatic rings. The van der Waals surface area contributed by atoms with E-state index in [1.165, 1.54) is 0 Å². The van der Waals surface area contributed by atoms with Crippen LogP contribution in [-0.4, -0.2) is 20.8 Å². The van der Waals surface area contributed by atoms with Gasteiger partial charge in [0.15, 0.2) is 0 Å². The number of hydrogen-bond donors (Lipinski definition) is 0. The van der Waals surface area contributed by atoms with Gasteiger partial charge in [-0.2, -0.15) is 0 Å². The Morgan fingerprint density at radius 1 is 1.64 bits per heavy atom. The second kappa shape index (κ2) is 5.34. The topological polar surface area (TPSA) is 18.0 Å². The van der Waals surface area contributed by atoms with E-state index < -0.39 is 0 Å². The number of rotatable bonds is 3. The van der Waals surface area contributed by atoms with Crippen LogP contribution in [0.1, 0.15) is 6.92 Å². The Bertz CT molecular complexity index is 204. The van der Waals surface area contributed by atoms with E-state index in [2.05, 4.69) is 0 Å². The van der Waals surface area contributed by atoms with Crippen molar-refractivity contribution in [3.63, 3.8) is 0 Å². The van der Waals surface area contributed by atoms with Crippen LogP contribution in [0.4, 0.5) is 0 Å². The Balaban J connectivity index is 0.000001000. The summed E-state index contributed by atoms with van der Waals surface area (Å²) in [5.41, 5.74) is 0. The first kappa shape index (κ1) is 10.7. The van der Waals surface area contributed by atoms with Crippen molar-refractivity contribution in [2.75, 3.05) is 6.61 Å². The van der Waals surface area contributed by atoms with Gasteiger partial charge in [-0.15, -0.1) is 0 Å². The molecule has 0 saturated carbocycles. The Labute approximate surface area is 75.4 Å². The second-order valence-corrected chi connectivity index (χ2v) is 3.00. The van der Waals surface area contributed by atoms with Crippen LogP contribution in [-0.2, 0) is 11.5 Å². The molecule has 0 bridgehead atoms. The molecule has 5 heteroatoms. The summed E-state index contributed by atoms with van der Waals surface area (Å²) in [6.07, 6.45) is 5.98. The highest BCUT2D eigenvalue weighted by Crippen LogP contribution is 1.78. The molecular weight excluding hydrogens is 180 g/mol. The molecule has 2 radical (unpaired) electrons. The van der Waals surface area contributed by atoms with Crippen molar-refractivity contribution < 1.29 is 21.4 Å². The second-order valence-electron chi connectivity index (χ2n) is 2.01. The molecular formula is C6H11ClN2OSi. The van der Waals surface area contributed by atoms with Crippen molar-refractivity contribution in [3.05, 3.63) is 18.7 Å². The summed E-state index contributed by atoms with van der Waals surface area (Å²) in [5.74, 6) is 0. The molecule has 1 aromatic rings. The van der Waals surface area contributed by atoms with Crippen LogP contribution in [0.5, 0.6) is 0 Å². The van der Waals surface area contributed by atoms with E-state index in [4.69, 9.17) is 4.43 Å². The third-order valence-corrected chi connectivity index (χ3v) is 1.98. The van der Waals surface area contributed by atoms with Crippen molar-refractivity contribution in [3.8, 4) is 0 Å². The van der Waals surface area contributed by atoms with Crippen molar-refractivity contribution in [2.45, 2.75) is 6.92 Å².